The van der Waals surface area contributed by atoms with Gasteiger partial charge in [-0.1, -0.05) is 39.3 Å². The summed E-state index contributed by atoms with van der Waals surface area (Å²) in [7, 11) is 0. The molecule has 124 valence electrons. The van der Waals surface area contributed by atoms with Crippen LogP contribution in [0.4, 0.5) is 0 Å². The summed E-state index contributed by atoms with van der Waals surface area (Å²) >= 11 is 0. The molecular weight excluding hydrogens is 272 g/mol. The molecule has 0 aliphatic heterocycles. The number of hydrogen-bond donors (Lipinski definition) is 0. The van der Waals surface area contributed by atoms with Crippen molar-refractivity contribution in [1.82, 2.24) is 0 Å². The molecule has 2 heteroatoms. The zero-order valence-corrected chi connectivity index (χ0v) is 14.8. The molecular formula is C20H32O2. The quantitative estimate of drug-likeness (QED) is 0.373. The van der Waals surface area contributed by atoms with Crippen LogP contribution < -0.4 is 0 Å². The molecule has 0 N–H and O–H groups in total. The third-order valence-corrected chi connectivity index (χ3v) is 6.47. The molecule has 2 rings (SSSR count). The zero-order valence-electron chi connectivity index (χ0n) is 14.8. The Kier molecular flexibility index (Phi) is 5.19. The Hall–Kier alpha value is -1.05. The minimum Gasteiger partial charge on any atom is -0.437 e. The SMILES string of the molecule is C=C1CC[C@H]2C(C)(C)CCC[C@]2(C)[C@H]1CC/C(C)=C/OC=O. The molecule has 0 amide bonds. The highest BCUT2D eigenvalue weighted by Gasteiger charge is 2.52. The van der Waals surface area contributed by atoms with Crippen molar-refractivity contribution >= 4 is 6.47 Å². The fourth-order valence-corrected chi connectivity index (χ4v) is 5.38. The molecule has 2 aliphatic rings. The van der Waals surface area contributed by atoms with Crippen LogP contribution in [-0.4, -0.2) is 6.47 Å². The topological polar surface area (TPSA) is 26.3 Å². The Bertz CT molecular complexity index is 460. The number of allylic oxidation sites excluding steroid dienone is 2. The van der Waals surface area contributed by atoms with E-state index in [1.807, 2.05) is 6.92 Å². The van der Waals surface area contributed by atoms with Crippen molar-refractivity contribution < 1.29 is 9.53 Å². The maximum atomic E-state index is 10.3. The molecule has 2 nitrogen and oxygen atoms in total. The fraction of sp³-hybridized carbons (Fsp3) is 0.750. The summed E-state index contributed by atoms with van der Waals surface area (Å²) < 4.78 is 4.76. The second-order valence-electron chi connectivity index (χ2n) is 8.39. The van der Waals surface area contributed by atoms with Gasteiger partial charge in [-0.25, -0.2) is 0 Å². The van der Waals surface area contributed by atoms with E-state index in [-0.39, 0.29) is 0 Å². The summed E-state index contributed by atoms with van der Waals surface area (Å²) in [6.07, 6.45) is 10.2. The van der Waals surface area contributed by atoms with Gasteiger partial charge in [0.2, 0.25) is 0 Å². The maximum Gasteiger partial charge on any atom is 0.297 e. The van der Waals surface area contributed by atoms with Gasteiger partial charge in [0.1, 0.15) is 0 Å². The van der Waals surface area contributed by atoms with Gasteiger partial charge in [-0.2, -0.15) is 0 Å². The Balaban J connectivity index is 2.14. The van der Waals surface area contributed by atoms with Crippen molar-refractivity contribution in [3.05, 3.63) is 24.0 Å². The Labute approximate surface area is 136 Å². The second-order valence-corrected chi connectivity index (χ2v) is 8.39. The molecule has 0 aromatic heterocycles. The standard InChI is InChI=1S/C20H32O2/c1-15(13-22-14-21)7-9-17-16(2)8-10-18-19(3,4)11-6-12-20(17,18)5/h13-14,17-18H,2,6-12H2,1,3-5H3/b15-13+/t17-,18-,20+/m0/s1. The van der Waals surface area contributed by atoms with Crippen molar-refractivity contribution in [2.75, 3.05) is 0 Å². The highest BCUT2D eigenvalue weighted by atomic mass is 16.5. The van der Waals surface area contributed by atoms with Crippen LogP contribution in [0.1, 0.15) is 72.6 Å². The molecule has 2 fully saturated rings. The number of carbonyl (C=O) groups excluding carboxylic acids is 1. The van der Waals surface area contributed by atoms with Crippen LogP contribution in [0.2, 0.25) is 0 Å². The van der Waals surface area contributed by atoms with E-state index in [1.165, 1.54) is 37.7 Å². The highest BCUT2D eigenvalue weighted by molar-refractivity contribution is 5.38. The number of carbonyl (C=O) groups is 1. The summed E-state index contributed by atoms with van der Waals surface area (Å²) in [6.45, 7) is 14.4. The van der Waals surface area contributed by atoms with E-state index >= 15 is 0 Å². The molecule has 0 bridgehead atoms. The first-order valence-electron chi connectivity index (χ1n) is 8.73. The van der Waals surface area contributed by atoms with Crippen molar-refractivity contribution in [3.8, 4) is 0 Å². The largest absolute Gasteiger partial charge is 0.437 e. The van der Waals surface area contributed by atoms with Gasteiger partial charge < -0.3 is 4.74 Å². The smallest absolute Gasteiger partial charge is 0.297 e. The molecule has 2 saturated carbocycles. The van der Waals surface area contributed by atoms with Gasteiger partial charge in [0, 0.05) is 0 Å². The summed E-state index contributed by atoms with van der Waals surface area (Å²) in [5.74, 6) is 1.41. The summed E-state index contributed by atoms with van der Waals surface area (Å²) in [6, 6.07) is 0. The predicted octanol–water partition coefficient (Wildman–Crippen LogP) is 5.64. The molecule has 0 aromatic carbocycles. The summed E-state index contributed by atoms with van der Waals surface area (Å²) in [5.41, 5.74) is 3.43. The van der Waals surface area contributed by atoms with Crippen LogP contribution in [0, 0.1) is 22.7 Å². The summed E-state index contributed by atoms with van der Waals surface area (Å²) in [4.78, 5) is 10.3. The van der Waals surface area contributed by atoms with E-state index in [9.17, 15) is 4.79 Å². The Morgan fingerprint density at radius 1 is 1.36 bits per heavy atom. The first-order valence-corrected chi connectivity index (χ1v) is 8.73. The molecule has 22 heavy (non-hydrogen) atoms. The molecule has 3 atom stereocenters. The maximum absolute atomic E-state index is 10.3. The van der Waals surface area contributed by atoms with Gasteiger partial charge in [0.25, 0.3) is 6.47 Å². The van der Waals surface area contributed by atoms with E-state index in [0.29, 0.717) is 23.2 Å². The average Bonchev–Trinajstić information content (AvgIpc) is 2.43. The van der Waals surface area contributed by atoms with Crippen LogP contribution in [0.15, 0.2) is 24.0 Å². The Morgan fingerprint density at radius 2 is 2.09 bits per heavy atom. The lowest BCUT2D eigenvalue weighted by Crippen LogP contribution is -2.49. The lowest BCUT2D eigenvalue weighted by atomic mass is 9.47. The van der Waals surface area contributed by atoms with E-state index in [2.05, 4.69) is 27.4 Å². The van der Waals surface area contributed by atoms with Crippen molar-refractivity contribution in [1.29, 1.82) is 0 Å². The molecule has 0 spiro atoms. The van der Waals surface area contributed by atoms with E-state index in [4.69, 9.17) is 4.74 Å². The first kappa shape index (κ1) is 17.3. The molecule has 0 radical (unpaired) electrons. The minimum atomic E-state index is 0.392. The number of fused-ring (bicyclic) bond motifs is 1. The first-order chi connectivity index (χ1) is 10.3. The minimum absolute atomic E-state index is 0.392. The van der Waals surface area contributed by atoms with Gasteiger partial charge in [0.15, 0.2) is 0 Å². The van der Waals surface area contributed by atoms with Crippen molar-refractivity contribution in [3.63, 3.8) is 0 Å². The molecule has 0 saturated heterocycles. The average molecular weight is 304 g/mol. The van der Waals surface area contributed by atoms with Crippen molar-refractivity contribution in [2.24, 2.45) is 22.7 Å². The van der Waals surface area contributed by atoms with Crippen LogP contribution in [0.25, 0.3) is 0 Å². The van der Waals surface area contributed by atoms with Gasteiger partial charge in [-0.3, -0.25) is 4.79 Å². The highest BCUT2D eigenvalue weighted by Crippen LogP contribution is 2.61. The lowest BCUT2D eigenvalue weighted by Gasteiger charge is -2.58. The number of ether oxygens (including phenoxy) is 1. The lowest BCUT2D eigenvalue weighted by molar-refractivity contribution is -0.123. The second kappa shape index (κ2) is 6.60. The molecule has 2 aliphatic carbocycles. The van der Waals surface area contributed by atoms with Crippen LogP contribution in [0.3, 0.4) is 0 Å². The number of hydrogen-bond acceptors (Lipinski definition) is 2. The molecule has 0 heterocycles. The zero-order chi connectivity index (χ0) is 16.4. The van der Waals surface area contributed by atoms with Gasteiger partial charge >= 0.3 is 0 Å². The van der Waals surface area contributed by atoms with Gasteiger partial charge in [-0.05, 0) is 73.7 Å². The van der Waals surface area contributed by atoms with Crippen LogP contribution >= 0.6 is 0 Å². The van der Waals surface area contributed by atoms with Crippen LogP contribution in [0.5, 0.6) is 0 Å². The van der Waals surface area contributed by atoms with Gasteiger partial charge in [-0.15, -0.1) is 0 Å². The monoisotopic (exact) mass is 304 g/mol. The van der Waals surface area contributed by atoms with E-state index in [0.717, 1.165) is 24.3 Å². The third kappa shape index (κ3) is 3.31. The Morgan fingerprint density at radius 3 is 2.77 bits per heavy atom. The van der Waals surface area contributed by atoms with E-state index < -0.39 is 0 Å². The summed E-state index contributed by atoms with van der Waals surface area (Å²) in [5, 5.41) is 0. The fourth-order valence-electron chi connectivity index (χ4n) is 5.38. The normalized spacial score (nSPS) is 34.9. The predicted molar refractivity (Wildman–Crippen MR) is 91.2 cm³/mol. The van der Waals surface area contributed by atoms with E-state index in [1.54, 1.807) is 6.26 Å². The molecule has 0 aromatic rings. The van der Waals surface area contributed by atoms with Gasteiger partial charge in [0.05, 0.1) is 6.26 Å². The van der Waals surface area contributed by atoms with Crippen LogP contribution in [-0.2, 0) is 9.53 Å². The third-order valence-electron chi connectivity index (χ3n) is 6.47. The van der Waals surface area contributed by atoms with Crippen molar-refractivity contribution in [2.45, 2.75) is 72.6 Å². The number of rotatable bonds is 5. The molecule has 0 unspecified atom stereocenters.